The van der Waals surface area contributed by atoms with Crippen LogP contribution < -0.4 is 10.3 Å². The molecule has 0 unspecified atom stereocenters. The second kappa shape index (κ2) is 9.06. The van der Waals surface area contributed by atoms with Crippen molar-refractivity contribution >= 4 is 26.8 Å². The van der Waals surface area contributed by atoms with Crippen LogP contribution in [0, 0.1) is 6.92 Å². The van der Waals surface area contributed by atoms with Crippen molar-refractivity contribution in [2.45, 2.75) is 25.7 Å². The number of aromatic amines is 1. The topological polar surface area (TPSA) is 113 Å². The zero-order chi connectivity index (χ0) is 24.7. The molecule has 0 saturated carbocycles. The van der Waals surface area contributed by atoms with Gasteiger partial charge >= 0.3 is 0 Å². The van der Waals surface area contributed by atoms with Crippen LogP contribution in [0.2, 0.25) is 0 Å². The van der Waals surface area contributed by atoms with E-state index in [9.17, 15) is 13.2 Å². The smallest absolute Gasteiger partial charge is 0.279 e. The molecule has 1 saturated heterocycles. The monoisotopic (exact) mass is 496 g/mol. The number of aromatic nitrogens is 4. The summed E-state index contributed by atoms with van der Waals surface area (Å²) in [5, 5.41) is 0. The van der Waals surface area contributed by atoms with Crippen LogP contribution in [0.1, 0.15) is 19.5 Å². The SMILES string of the molecule is CCOc1ccc(S(=O)(=O)N2CCN(CC)CC2)cc1-c1nc2c(nc3cccc(C)n32)c(=O)[nH]1. The Morgan fingerprint density at radius 1 is 1.06 bits per heavy atom. The number of sulfonamides is 1. The molecule has 0 radical (unpaired) electrons. The highest BCUT2D eigenvalue weighted by molar-refractivity contribution is 7.89. The number of nitrogens with zero attached hydrogens (tertiary/aromatic N) is 5. The number of H-pyrrole nitrogens is 1. The average molecular weight is 497 g/mol. The highest BCUT2D eigenvalue weighted by Gasteiger charge is 2.29. The second-order valence-electron chi connectivity index (χ2n) is 8.49. The maximum absolute atomic E-state index is 13.5. The Morgan fingerprint density at radius 3 is 2.54 bits per heavy atom. The van der Waals surface area contributed by atoms with Crippen molar-refractivity contribution in [1.29, 1.82) is 0 Å². The van der Waals surface area contributed by atoms with Gasteiger partial charge in [-0.3, -0.25) is 9.20 Å². The maximum Gasteiger partial charge on any atom is 0.279 e. The number of fused-ring (bicyclic) bond motifs is 3. The molecule has 0 aliphatic carbocycles. The fraction of sp³-hybridized carbons (Fsp3) is 0.375. The first-order valence-corrected chi connectivity index (χ1v) is 13.1. The van der Waals surface area contributed by atoms with Crippen molar-refractivity contribution in [3.05, 3.63) is 52.4 Å². The zero-order valence-electron chi connectivity index (χ0n) is 20.0. The molecular formula is C24H28N6O4S. The van der Waals surface area contributed by atoms with E-state index in [1.165, 1.54) is 10.4 Å². The summed E-state index contributed by atoms with van der Waals surface area (Å²) in [6.45, 7) is 9.34. The number of piperazine rings is 1. The lowest BCUT2D eigenvalue weighted by atomic mass is 10.2. The quantitative estimate of drug-likeness (QED) is 0.436. The van der Waals surface area contributed by atoms with Crippen molar-refractivity contribution in [2.75, 3.05) is 39.3 Å². The average Bonchev–Trinajstić information content (AvgIpc) is 3.25. The Morgan fingerprint density at radius 2 is 1.83 bits per heavy atom. The van der Waals surface area contributed by atoms with Crippen LogP contribution in [-0.2, 0) is 10.0 Å². The summed E-state index contributed by atoms with van der Waals surface area (Å²) in [5.74, 6) is 0.666. The summed E-state index contributed by atoms with van der Waals surface area (Å²) in [6.07, 6.45) is 0. The van der Waals surface area contributed by atoms with Crippen LogP contribution in [-0.4, -0.2) is 76.3 Å². The Hall–Kier alpha value is -3.28. The van der Waals surface area contributed by atoms with Crippen LogP contribution in [0.5, 0.6) is 5.75 Å². The van der Waals surface area contributed by atoms with Gasteiger partial charge < -0.3 is 14.6 Å². The summed E-state index contributed by atoms with van der Waals surface area (Å²) in [7, 11) is -3.73. The largest absolute Gasteiger partial charge is 0.493 e. The van der Waals surface area contributed by atoms with E-state index < -0.39 is 15.6 Å². The van der Waals surface area contributed by atoms with E-state index in [1.807, 2.05) is 36.4 Å². The third-order valence-electron chi connectivity index (χ3n) is 6.40. The standard InChI is InChI=1S/C24H28N6O4S/c1-4-28-11-13-29(14-12-28)35(32,33)17-9-10-19(34-5-2)18(15-17)22-26-23-21(24(31)27-22)25-20-8-6-7-16(3)30(20)23/h6-10,15H,4-5,11-14H2,1-3H3,(H,26,27,31). The van der Waals surface area contributed by atoms with Gasteiger partial charge in [0, 0.05) is 31.9 Å². The van der Waals surface area contributed by atoms with E-state index in [0.29, 0.717) is 55.4 Å². The molecule has 1 aliphatic rings. The Labute approximate surface area is 203 Å². The molecule has 10 nitrogen and oxygen atoms in total. The van der Waals surface area contributed by atoms with Gasteiger partial charge in [-0.05, 0) is 50.7 Å². The molecule has 184 valence electrons. The van der Waals surface area contributed by atoms with Crippen LogP contribution in [0.25, 0.3) is 28.2 Å². The highest BCUT2D eigenvalue weighted by Crippen LogP contribution is 2.32. The van der Waals surface area contributed by atoms with E-state index in [-0.39, 0.29) is 16.2 Å². The number of hydrogen-bond acceptors (Lipinski definition) is 7. The molecule has 4 heterocycles. The number of nitrogens with one attached hydrogen (secondary N) is 1. The molecule has 4 aromatic rings. The highest BCUT2D eigenvalue weighted by atomic mass is 32.2. The molecule has 3 aromatic heterocycles. The molecule has 1 fully saturated rings. The minimum atomic E-state index is -3.73. The van der Waals surface area contributed by atoms with E-state index in [1.54, 1.807) is 12.1 Å². The normalized spacial score (nSPS) is 15.7. The van der Waals surface area contributed by atoms with Crippen molar-refractivity contribution in [3.8, 4) is 17.1 Å². The molecular weight excluding hydrogens is 468 g/mol. The lowest BCUT2D eigenvalue weighted by Gasteiger charge is -2.33. The van der Waals surface area contributed by atoms with Crippen LogP contribution in [0.3, 0.4) is 0 Å². The number of hydrogen-bond donors (Lipinski definition) is 1. The van der Waals surface area contributed by atoms with Gasteiger partial charge in [-0.15, -0.1) is 0 Å². The second-order valence-corrected chi connectivity index (χ2v) is 10.4. The van der Waals surface area contributed by atoms with Gasteiger partial charge in [0.15, 0.2) is 11.2 Å². The van der Waals surface area contributed by atoms with Gasteiger partial charge in [0.2, 0.25) is 10.0 Å². The lowest BCUT2D eigenvalue weighted by Crippen LogP contribution is -2.48. The van der Waals surface area contributed by atoms with E-state index in [2.05, 4.69) is 21.8 Å². The number of rotatable bonds is 6. The van der Waals surface area contributed by atoms with Crippen LogP contribution in [0.4, 0.5) is 0 Å². The Balaban J connectivity index is 1.64. The first kappa shape index (κ1) is 23.5. The first-order chi connectivity index (χ1) is 16.8. The zero-order valence-corrected chi connectivity index (χ0v) is 20.8. The van der Waals surface area contributed by atoms with Crippen LogP contribution >= 0.6 is 0 Å². The molecule has 1 aliphatic heterocycles. The van der Waals surface area contributed by atoms with Gasteiger partial charge in [-0.25, -0.2) is 18.4 Å². The summed E-state index contributed by atoms with van der Waals surface area (Å²) < 4.78 is 36.0. The number of benzene rings is 1. The van der Waals surface area contributed by atoms with Gasteiger partial charge in [0.1, 0.15) is 17.2 Å². The molecule has 11 heteroatoms. The summed E-state index contributed by atoms with van der Waals surface area (Å²) in [5.41, 5.74) is 2.12. The van der Waals surface area contributed by atoms with Crippen molar-refractivity contribution < 1.29 is 13.2 Å². The molecule has 0 spiro atoms. The number of pyridine rings is 1. The van der Waals surface area contributed by atoms with Gasteiger partial charge in [0.05, 0.1) is 17.1 Å². The van der Waals surface area contributed by atoms with E-state index >= 15 is 0 Å². The van der Waals surface area contributed by atoms with E-state index in [0.717, 1.165) is 12.2 Å². The number of likely N-dealkylation sites (N-methyl/N-ethyl adjacent to an activating group) is 1. The molecule has 0 amide bonds. The third-order valence-corrected chi connectivity index (χ3v) is 8.30. The molecule has 5 rings (SSSR count). The number of aryl methyl sites for hydroxylation is 1. The molecule has 0 bridgehead atoms. The molecule has 35 heavy (non-hydrogen) atoms. The summed E-state index contributed by atoms with van der Waals surface area (Å²) in [4.78, 5) is 27.2. The number of ether oxygens (including phenoxy) is 1. The maximum atomic E-state index is 13.5. The predicted octanol–water partition coefficient (Wildman–Crippen LogP) is 2.27. The van der Waals surface area contributed by atoms with Crippen LogP contribution in [0.15, 0.2) is 46.1 Å². The fourth-order valence-electron chi connectivity index (χ4n) is 4.49. The number of imidazole rings is 1. The Bertz CT molecular complexity index is 1570. The minimum Gasteiger partial charge on any atom is -0.493 e. The first-order valence-electron chi connectivity index (χ1n) is 11.7. The summed E-state index contributed by atoms with van der Waals surface area (Å²) >= 11 is 0. The fourth-order valence-corrected chi connectivity index (χ4v) is 5.94. The molecule has 0 atom stereocenters. The Kier molecular flexibility index (Phi) is 6.07. The van der Waals surface area contributed by atoms with Gasteiger partial charge in [-0.1, -0.05) is 13.0 Å². The third kappa shape index (κ3) is 4.09. The minimum absolute atomic E-state index is 0.137. The predicted molar refractivity (Wildman–Crippen MR) is 133 cm³/mol. The summed E-state index contributed by atoms with van der Waals surface area (Å²) in [6, 6.07) is 10.3. The van der Waals surface area contributed by atoms with Gasteiger partial charge in [-0.2, -0.15) is 4.31 Å². The van der Waals surface area contributed by atoms with Crippen molar-refractivity contribution in [3.63, 3.8) is 0 Å². The molecule has 1 aromatic carbocycles. The van der Waals surface area contributed by atoms with E-state index in [4.69, 9.17) is 9.72 Å². The lowest BCUT2D eigenvalue weighted by molar-refractivity contribution is 0.196. The van der Waals surface area contributed by atoms with Gasteiger partial charge in [0.25, 0.3) is 5.56 Å². The van der Waals surface area contributed by atoms with Crippen molar-refractivity contribution in [2.24, 2.45) is 0 Å². The molecule has 1 N–H and O–H groups in total. The van der Waals surface area contributed by atoms with Crippen molar-refractivity contribution in [1.82, 2.24) is 28.6 Å².